The number of ketones is 1. The standard InChI is InChI=1S/C15H21N3O2/c1-11(16)15(20)18-9-7-17(8-10-18)14-5-3-13(4-6-14)12(2)19/h3-6,11H,7-10,16H2,1-2H3. The van der Waals surface area contributed by atoms with E-state index in [0.717, 1.165) is 24.3 Å². The van der Waals surface area contributed by atoms with Gasteiger partial charge in [-0.2, -0.15) is 0 Å². The minimum absolute atomic E-state index is 0.0107. The van der Waals surface area contributed by atoms with Gasteiger partial charge in [0, 0.05) is 37.4 Å². The van der Waals surface area contributed by atoms with E-state index in [9.17, 15) is 9.59 Å². The number of hydrogen-bond donors (Lipinski definition) is 1. The lowest BCUT2D eigenvalue weighted by Crippen LogP contribution is -2.52. The lowest BCUT2D eigenvalue weighted by atomic mass is 10.1. The molecule has 1 heterocycles. The third kappa shape index (κ3) is 3.17. The molecule has 0 spiro atoms. The summed E-state index contributed by atoms with van der Waals surface area (Å²) in [4.78, 5) is 27.1. The highest BCUT2D eigenvalue weighted by molar-refractivity contribution is 5.94. The Morgan fingerprint density at radius 3 is 2.10 bits per heavy atom. The van der Waals surface area contributed by atoms with Crippen molar-refractivity contribution in [3.8, 4) is 0 Å². The number of benzene rings is 1. The maximum atomic E-state index is 11.8. The molecule has 0 aromatic heterocycles. The lowest BCUT2D eigenvalue weighted by molar-refractivity contribution is -0.132. The molecule has 5 nitrogen and oxygen atoms in total. The van der Waals surface area contributed by atoms with Gasteiger partial charge in [-0.05, 0) is 38.1 Å². The van der Waals surface area contributed by atoms with Crippen LogP contribution in [0.15, 0.2) is 24.3 Å². The fourth-order valence-electron chi connectivity index (χ4n) is 2.38. The molecule has 1 atom stereocenters. The number of rotatable bonds is 3. The zero-order valence-electron chi connectivity index (χ0n) is 12.0. The molecule has 1 unspecified atom stereocenters. The summed E-state index contributed by atoms with van der Waals surface area (Å²) >= 11 is 0. The van der Waals surface area contributed by atoms with E-state index in [-0.39, 0.29) is 11.7 Å². The summed E-state index contributed by atoms with van der Waals surface area (Å²) in [5.74, 6) is 0.0838. The Bertz CT molecular complexity index is 488. The highest BCUT2D eigenvalue weighted by Crippen LogP contribution is 2.17. The molecule has 1 amide bonds. The average Bonchev–Trinajstić information content (AvgIpc) is 2.46. The zero-order chi connectivity index (χ0) is 14.7. The van der Waals surface area contributed by atoms with Gasteiger partial charge in [0.25, 0.3) is 0 Å². The van der Waals surface area contributed by atoms with Crippen LogP contribution in [-0.4, -0.2) is 48.8 Å². The summed E-state index contributed by atoms with van der Waals surface area (Å²) in [7, 11) is 0. The first-order valence-electron chi connectivity index (χ1n) is 6.89. The van der Waals surface area contributed by atoms with E-state index in [0.29, 0.717) is 13.1 Å². The van der Waals surface area contributed by atoms with Gasteiger partial charge in [0.2, 0.25) is 5.91 Å². The third-order valence-corrected chi connectivity index (χ3v) is 3.62. The lowest BCUT2D eigenvalue weighted by Gasteiger charge is -2.36. The monoisotopic (exact) mass is 275 g/mol. The molecule has 0 radical (unpaired) electrons. The number of nitrogens with two attached hydrogens (primary N) is 1. The van der Waals surface area contributed by atoms with Crippen LogP contribution in [0.4, 0.5) is 5.69 Å². The molecule has 1 saturated heterocycles. The SMILES string of the molecule is CC(=O)c1ccc(N2CCN(C(=O)C(C)N)CC2)cc1. The van der Waals surface area contributed by atoms with E-state index in [1.54, 1.807) is 13.8 Å². The van der Waals surface area contributed by atoms with Gasteiger partial charge < -0.3 is 15.5 Å². The van der Waals surface area contributed by atoms with Gasteiger partial charge >= 0.3 is 0 Å². The molecule has 5 heteroatoms. The minimum atomic E-state index is -0.434. The van der Waals surface area contributed by atoms with Crippen LogP contribution in [0.3, 0.4) is 0 Å². The molecular formula is C15H21N3O2. The van der Waals surface area contributed by atoms with Crippen molar-refractivity contribution in [1.82, 2.24) is 4.90 Å². The molecule has 2 N–H and O–H groups in total. The molecule has 20 heavy (non-hydrogen) atoms. The number of hydrogen-bond acceptors (Lipinski definition) is 4. The first-order chi connectivity index (χ1) is 9.49. The number of anilines is 1. The molecule has 108 valence electrons. The van der Waals surface area contributed by atoms with Gasteiger partial charge in [-0.25, -0.2) is 0 Å². The summed E-state index contributed by atoms with van der Waals surface area (Å²) in [6.45, 7) is 6.24. The molecular weight excluding hydrogens is 254 g/mol. The minimum Gasteiger partial charge on any atom is -0.368 e. The van der Waals surface area contributed by atoms with Crippen LogP contribution >= 0.6 is 0 Å². The van der Waals surface area contributed by atoms with Gasteiger partial charge in [0.05, 0.1) is 6.04 Å². The van der Waals surface area contributed by atoms with Crippen LogP contribution < -0.4 is 10.6 Å². The van der Waals surface area contributed by atoms with Gasteiger partial charge in [0.15, 0.2) is 5.78 Å². The highest BCUT2D eigenvalue weighted by Gasteiger charge is 2.23. The Hall–Kier alpha value is -1.88. The fourth-order valence-corrected chi connectivity index (χ4v) is 2.38. The van der Waals surface area contributed by atoms with Crippen molar-refractivity contribution in [2.45, 2.75) is 19.9 Å². The third-order valence-electron chi connectivity index (χ3n) is 3.62. The van der Waals surface area contributed by atoms with Crippen molar-refractivity contribution in [2.75, 3.05) is 31.1 Å². The summed E-state index contributed by atoms with van der Waals surface area (Å²) in [6, 6.07) is 7.17. The van der Waals surface area contributed by atoms with Gasteiger partial charge in [-0.3, -0.25) is 9.59 Å². The molecule has 0 bridgehead atoms. The number of amides is 1. The summed E-state index contributed by atoms with van der Waals surface area (Å²) < 4.78 is 0. The van der Waals surface area contributed by atoms with Crippen LogP contribution in [0.25, 0.3) is 0 Å². The zero-order valence-corrected chi connectivity index (χ0v) is 12.0. The number of Topliss-reactive ketones (excluding diaryl/α,β-unsaturated/α-hetero) is 1. The van der Waals surface area contributed by atoms with Crippen LogP contribution in [0, 0.1) is 0 Å². The second kappa shape index (κ2) is 6.05. The molecule has 1 aromatic carbocycles. The van der Waals surface area contributed by atoms with Gasteiger partial charge in [0.1, 0.15) is 0 Å². The molecule has 1 fully saturated rings. The summed E-state index contributed by atoms with van der Waals surface area (Å²) in [5, 5.41) is 0. The first-order valence-corrected chi connectivity index (χ1v) is 6.89. The average molecular weight is 275 g/mol. The Morgan fingerprint density at radius 1 is 1.10 bits per heavy atom. The molecule has 1 aliphatic heterocycles. The van der Waals surface area contributed by atoms with Crippen molar-refractivity contribution < 1.29 is 9.59 Å². The van der Waals surface area contributed by atoms with E-state index >= 15 is 0 Å². The van der Waals surface area contributed by atoms with Crippen LogP contribution in [0.1, 0.15) is 24.2 Å². The predicted molar refractivity (Wildman–Crippen MR) is 78.9 cm³/mol. The second-order valence-corrected chi connectivity index (χ2v) is 5.20. The number of carbonyl (C=O) groups excluding carboxylic acids is 2. The van der Waals surface area contributed by atoms with Crippen LogP contribution in [0.2, 0.25) is 0 Å². The van der Waals surface area contributed by atoms with E-state index in [4.69, 9.17) is 5.73 Å². The van der Waals surface area contributed by atoms with Crippen molar-refractivity contribution in [2.24, 2.45) is 5.73 Å². The number of carbonyl (C=O) groups is 2. The fraction of sp³-hybridized carbons (Fsp3) is 0.467. The molecule has 1 aromatic rings. The van der Waals surface area contributed by atoms with Crippen LogP contribution in [-0.2, 0) is 4.79 Å². The Morgan fingerprint density at radius 2 is 1.65 bits per heavy atom. The number of piperazine rings is 1. The van der Waals surface area contributed by atoms with Crippen molar-refractivity contribution >= 4 is 17.4 Å². The van der Waals surface area contributed by atoms with E-state index in [2.05, 4.69) is 4.90 Å². The van der Waals surface area contributed by atoms with Crippen molar-refractivity contribution in [3.05, 3.63) is 29.8 Å². The smallest absolute Gasteiger partial charge is 0.239 e. The second-order valence-electron chi connectivity index (χ2n) is 5.20. The maximum Gasteiger partial charge on any atom is 0.239 e. The summed E-state index contributed by atoms with van der Waals surface area (Å²) in [6.07, 6.45) is 0. The molecule has 0 saturated carbocycles. The molecule has 0 aliphatic carbocycles. The summed E-state index contributed by atoms with van der Waals surface area (Å²) in [5.41, 5.74) is 7.43. The number of nitrogens with zero attached hydrogens (tertiary/aromatic N) is 2. The van der Waals surface area contributed by atoms with Crippen LogP contribution in [0.5, 0.6) is 0 Å². The Labute approximate surface area is 119 Å². The topological polar surface area (TPSA) is 66.6 Å². The van der Waals surface area contributed by atoms with Gasteiger partial charge in [-0.15, -0.1) is 0 Å². The normalized spacial score (nSPS) is 16.9. The van der Waals surface area contributed by atoms with Gasteiger partial charge in [-0.1, -0.05) is 0 Å². The van der Waals surface area contributed by atoms with Crippen molar-refractivity contribution in [1.29, 1.82) is 0 Å². The Balaban J connectivity index is 1.97. The van der Waals surface area contributed by atoms with E-state index in [1.165, 1.54) is 0 Å². The molecule has 2 rings (SSSR count). The first kappa shape index (κ1) is 14.5. The molecule has 1 aliphatic rings. The quantitative estimate of drug-likeness (QED) is 0.832. The van der Waals surface area contributed by atoms with E-state index in [1.807, 2.05) is 29.2 Å². The predicted octanol–water partition coefficient (Wildman–Crippen LogP) is 0.885. The van der Waals surface area contributed by atoms with Crippen molar-refractivity contribution in [3.63, 3.8) is 0 Å². The Kier molecular flexibility index (Phi) is 4.39. The highest BCUT2D eigenvalue weighted by atomic mass is 16.2. The largest absolute Gasteiger partial charge is 0.368 e. The van der Waals surface area contributed by atoms with E-state index < -0.39 is 6.04 Å². The maximum absolute atomic E-state index is 11.8.